The summed E-state index contributed by atoms with van der Waals surface area (Å²) in [5.74, 6) is 0.727. The van der Waals surface area contributed by atoms with Gasteiger partial charge >= 0.3 is 0 Å². The third-order valence-electron chi connectivity index (χ3n) is 4.04. The van der Waals surface area contributed by atoms with Gasteiger partial charge in [0.2, 0.25) is 0 Å². The van der Waals surface area contributed by atoms with Gasteiger partial charge in [-0.2, -0.15) is 0 Å². The molecule has 1 aliphatic rings. The summed E-state index contributed by atoms with van der Waals surface area (Å²) >= 11 is 12.8. The van der Waals surface area contributed by atoms with Gasteiger partial charge in [-0.25, -0.2) is 0 Å². The van der Waals surface area contributed by atoms with Crippen molar-refractivity contribution in [3.63, 3.8) is 0 Å². The molecule has 0 spiro atoms. The second-order valence-corrected chi connectivity index (χ2v) is 7.83. The predicted molar refractivity (Wildman–Crippen MR) is 117 cm³/mol. The fraction of sp³-hybridized carbons (Fsp3) is 0.143. The molecule has 0 aliphatic carbocycles. The van der Waals surface area contributed by atoms with E-state index in [0.29, 0.717) is 44.2 Å². The van der Waals surface area contributed by atoms with Crippen molar-refractivity contribution in [2.45, 2.75) is 6.54 Å². The van der Waals surface area contributed by atoms with E-state index in [0.717, 1.165) is 11.8 Å². The summed E-state index contributed by atoms with van der Waals surface area (Å²) in [5.41, 5.74) is 1.43. The minimum atomic E-state index is -0.364. The number of thioether (sulfide) groups is 1. The zero-order valence-electron chi connectivity index (χ0n) is 15.5. The molecule has 0 saturated carbocycles. The van der Waals surface area contributed by atoms with E-state index in [2.05, 4.69) is 6.58 Å². The molecular weight excluding hydrogens is 433 g/mol. The number of hydrogen-bond acceptors (Lipinski definition) is 5. The molecule has 8 heteroatoms. The van der Waals surface area contributed by atoms with Gasteiger partial charge in [-0.05, 0) is 53.2 Å². The lowest BCUT2D eigenvalue weighted by atomic mass is 10.1. The Bertz CT molecular complexity index is 1010. The van der Waals surface area contributed by atoms with Crippen LogP contribution in [0.4, 0.5) is 4.79 Å². The number of carbonyl (C=O) groups excluding carboxylic acids is 2. The van der Waals surface area contributed by atoms with Gasteiger partial charge in [-0.3, -0.25) is 14.5 Å². The summed E-state index contributed by atoms with van der Waals surface area (Å²) in [6.07, 6.45) is 3.29. The largest absolute Gasteiger partial charge is 0.493 e. The standard InChI is InChI=1S/C21H17Cl2NO4S/c1-3-8-28-17-7-5-13(10-18(17)27-2)11-19-20(25)24(21(26)29-19)12-14-4-6-15(22)16(23)9-14/h3-7,9-11H,1,8,12H2,2H3/b19-11-. The molecule has 0 radical (unpaired) electrons. The lowest BCUT2D eigenvalue weighted by molar-refractivity contribution is -0.123. The maximum absolute atomic E-state index is 12.7. The van der Waals surface area contributed by atoms with Gasteiger partial charge < -0.3 is 9.47 Å². The van der Waals surface area contributed by atoms with E-state index < -0.39 is 0 Å². The third-order valence-corrected chi connectivity index (χ3v) is 5.69. The van der Waals surface area contributed by atoms with Crippen LogP contribution in [0.1, 0.15) is 11.1 Å². The highest BCUT2D eigenvalue weighted by Gasteiger charge is 2.35. The maximum Gasteiger partial charge on any atom is 0.293 e. The van der Waals surface area contributed by atoms with E-state index >= 15 is 0 Å². The number of methoxy groups -OCH3 is 1. The summed E-state index contributed by atoms with van der Waals surface area (Å²) in [6, 6.07) is 10.3. The highest BCUT2D eigenvalue weighted by molar-refractivity contribution is 8.18. The number of rotatable bonds is 7. The number of benzene rings is 2. The van der Waals surface area contributed by atoms with Crippen LogP contribution in [0, 0.1) is 0 Å². The van der Waals surface area contributed by atoms with Crippen molar-refractivity contribution in [1.82, 2.24) is 4.90 Å². The summed E-state index contributed by atoms with van der Waals surface area (Å²) in [4.78, 5) is 26.6. The first-order valence-electron chi connectivity index (χ1n) is 8.54. The maximum atomic E-state index is 12.7. The fourth-order valence-corrected chi connectivity index (χ4v) is 3.81. The molecule has 1 aliphatic heterocycles. The number of nitrogens with zero attached hydrogens (tertiary/aromatic N) is 1. The molecule has 2 aromatic rings. The average Bonchev–Trinajstić information content (AvgIpc) is 2.97. The topological polar surface area (TPSA) is 55.8 Å². The second kappa shape index (κ2) is 9.39. The Morgan fingerprint density at radius 1 is 1.10 bits per heavy atom. The molecule has 0 unspecified atom stereocenters. The molecule has 1 fully saturated rings. The monoisotopic (exact) mass is 449 g/mol. The van der Waals surface area contributed by atoms with E-state index in [-0.39, 0.29) is 17.7 Å². The molecule has 2 amide bonds. The van der Waals surface area contributed by atoms with E-state index in [9.17, 15) is 9.59 Å². The number of halogens is 2. The molecule has 0 atom stereocenters. The second-order valence-electron chi connectivity index (χ2n) is 6.03. The molecule has 150 valence electrons. The van der Waals surface area contributed by atoms with Crippen LogP contribution in [0.2, 0.25) is 10.0 Å². The van der Waals surface area contributed by atoms with E-state index in [1.165, 1.54) is 12.0 Å². The van der Waals surface area contributed by atoms with Crippen LogP contribution in [0.15, 0.2) is 54.0 Å². The Hall–Kier alpha value is -2.41. The molecule has 0 N–H and O–H groups in total. The van der Waals surface area contributed by atoms with E-state index in [1.807, 2.05) is 0 Å². The van der Waals surface area contributed by atoms with Crippen LogP contribution < -0.4 is 9.47 Å². The Kier molecular flexibility index (Phi) is 6.90. The van der Waals surface area contributed by atoms with Crippen LogP contribution in [0.5, 0.6) is 11.5 Å². The molecule has 3 rings (SSSR count). The lowest BCUT2D eigenvalue weighted by Crippen LogP contribution is -2.27. The number of ether oxygens (including phenoxy) is 2. The first-order chi connectivity index (χ1) is 13.9. The van der Waals surface area contributed by atoms with Gasteiger partial charge in [-0.1, -0.05) is 48.0 Å². The molecule has 1 saturated heterocycles. The molecule has 5 nitrogen and oxygen atoms in total. The van der Waals surface area contributed by atoms with E-state index in [4.69, 9.17) is 32.7 Å². The van der Waals surface area contributed by atoms with Crippen molar-refractivity contribution in [2.24, 2.45) is 0 Å². The van der Waals surface area contributed by atoms with Crippen LogP contribution in [-0.2, 0) is 11.3 Å². The van der Waals surface area contributed by atoms with Crippen molar-refractivity contribution >= 4 is 52.2 Å². The van der Waals surface area contributed by atoms with Crippen molar-refractivity contribution < 1.29 is 19.1 Å². The Morgan fingerprint density at radius 2 is 1.90 bits per heavy atom. The number of amides is 2. The number of imide groups is 1. The van der Waals surface area contributed by atoms with Crippen LogP contribution in [0.3, 0.4) is 0 Å². The van der Waals surface area contributed by atoms with Gasteiger partial charge in [-0.15, -0.1) is 0 Å². The molecule has 0 bridgehead atoms. The van der Waals surface area contributed by atoms with Gasteiger partial charge in [0.1, 0.15) is 6.61 Å². The van der Waals surface area contributed by atoms with Gasteiger partial charge in [0.05, 0.1) is 28.6 Å². The van der Waals surface area contributed by atoms with Gasteiger partial charge in [0.25, 0.3) is 11.1 Å². The first-order valence-corrected chi connectivity index (χ1v) is 10.1. The number of hydrogen-bond donors (Lipinski definition) is 0. The lowest BCUT2D eigenvalue weighted by Gasteiger charge is -2.13. The van der Waals surface area contributed by atoms with Crippen molar-refractivity contribution in [3.05, 3.63) is 75.1 Å². The minimum Gasteiger partial charge on any atom is -0.493 e. The van der Waals surface area contributed by atoms with Gasteiger partial charge in [0.15, 0.2) is 11.5 Å². The zero-order valence-corrected chi connectivity index (χ0v) is 17.8. The van der Waals surface area contributed by atoms with Crippen molar-refractivity contribution in [2.75, 3.05) is 13.7 Å². The zero-order chi connectivity index (χ0) is 21.0. The smallest absolute Gasteiger partial charge is 0.293 e. The quantitative estimate of drug-likeness (QED) is 0.394. The SMILES string of the molecule is C=CCOc1ccc(/C=C2\SC(=O)N(Cc3ccc(Cl)c(Cl)c3)C2=O)cc1OC. The Balaban J connectivity index is 1.80. The number of carbonyl (C=O) groups is 2. The molecule has 0 aromatic heterocycles. The van der Waals surface area contributed by atoms with Gasteiger partial charge in [0, 0.05) is 0 Å². The summed E-state index contributed by atoms with van der Waals surface area (Å²) in [6.45, 7) is 4.08. The minimum absolute atomic E-state index is 0.122. The molecule has 29 heavy (non-hydrogen) atoms. The normalized spacial score (nSPS) is 15.1. The molecule has 2 aromatic carbocycles. The fourth-order valence-electron chi connectivity index (χ4n) is 2.65. The van der Waals surface area contributed by atoms with Crippen molar-refractivity contribution in [1.29, 1.82) is 0 Å². The van der Waals surface area contributed by atoms with Crippen LogP contribution in [0.25, 0.3) is 6.08 Å². The highest BCUT2D eigenvalue weighted by Crippen LogP contribution is 2.35. The third kappa shape index (κ3) is 4.96. The molecule has 1 heterocycles. The van der Waals surface area contributed by atoms with Crippen LogP contribution >= 0.6 is 35.0 Å². The summed E-state index contributed by atoms with van der Waals surface area (Å²) < 4.78 is 10.9. The first kappa shape index (κ1) is 21.3. The summed E-state index contributed by atoms with van der Waals surface area (Å²) in [7, 11) is 1.53. The van der Waals surface area contributed by atoms with Crippen molar-refractivity contribution in [3.8, 4) is 11.5 Å². The van der Waals surface area contributed by atoms with E-state index in [1.54, 1.807) is 48.6 Å². The van der Waals surface area contributed by atoms with Crippen LogP contribution in [-0.4, -0.2) is 29.8 Å². The highest BCUT2D eigenvalue weighted by atomic mass is 35.5. The average molecular weight is 450 g/mol. The summed E-state index contributed by atoms with van der Waals surface area (Å²) in [5, 5.41) is 0.446. The molecular formula is C21H17Cl2NO4S. The Morgan fingerprint density at radius 3 is 2.59 bits per heavy atom. The predicted octanol–water partition coefficient (Wildman–Crippen LogP) is 5.80. The Labute approximate surface area is 182 Å².